The van der Waals surface area contributed by atoms with Crippen molar-refractivity contribution >= 4 is 5.91 Å². The van der Waals surface area contributed by atoms with Gasteiger partial charge < -0.3 is 5.32 Å². The fourth-order valence-electron chi connectivity index (χ4n) is 1.19. The van der Waals surface area contributed by atoms with Crippen LogP contribution >= 0.6 is 0 Å². The van der Waals surface area contributed by atoms with Crippen LogP contribution in [-0.2, 0) is 11.2 Å². The van der Waals surface area contributed by atoms with Gasteiger partial charge in [-0.05, 0) is 17.7 Å². The highest BCUT2D eigenvalue weighted by Gasteiger charge is 2.16. The van der Waals surface area contributed by atoms with E-state index in [4.69, 9.17) is 0 Å². The summed E-state index contributed by atoms with van der Waals surface area (Å²) in [6.07, 6.45) is 0.232. The zero-order valence-electron chi connectivity index (χ0n) is 10.5. The van der Waals surface area contributed by atoms with E-state index in [1.807, 2.05) is 20.8 Å². The van der Waals surface area contributed by atoms with Crippen LogP contribution in [0.2, 0.25) is 0 Å². The summed E-state index contributed by atoms with van der Waals surface area (Å²) in [5.41, 5.74) is 1.31. The molecule has 0 spiro atoms. The van der Waals surface area contributed by atoms with Gasteiger partial charge in [0.25, 0.3) is 0 Å². The first-order valence-corrected chi connectivity index (χ1v) is 5.53. The first-order chi connectivity index (χ1) is 7.79. The molecule has 92 valence electrons. The lowest BCUT2D eigenvalue weighted by Gasteiger charge is -2.22. The summed E-state index contributed by atoms with van der Waals surface area (Å²) in [4.78, 5) is 11.7. The maximum absolute atomic E-state index is 12.7. The molecule has 0 radical (unpaired) electrons. The van der Waals surface area contributed by atoms with Crippen LogP contribution in [0, 0.1) is 11.2 Å². The van der Waals surface area contributed by atoms with Crippen LogP contribution < -0.4 is 5.32 Å². The minimum absolute atomic E-state index is 0.128. The highest BCUT2D eigenvalue weighted by molar-refractivity contribution is 5.80. The van der Waals surface area contributed by atoms with Crippen LogP contribution in [0.25, 0.3) is 0 Å². The summed E-state index contributed by atoms with van der Waals surface area (Å²) in [5, 5.41) is 2.76. The Morgan fingerprint density at radius 1 is 1.29 bits per heavy atom. The Labute approximate surface area is 102 Å². The van der Waals surface area contributed by atoms with Gasteiger partial charge in [-0.2, -0.15) is 0 Å². The van der Waals surface area contributed by atoms with Gasteiger partial charge in [-0.1, -0.05) is 39.5 Å². The highest BCUT2D eigenvalue weighted by Crippen LogP contribution is 2.20. The molecule has 1 N–H and O–H groups in total. The minimum Gasteiger partial charge on any atom is -0.330 e. The van der Waals surface area contributed by atoms with Crippen molar-refractivity contribution in [3.8, 4) is 0 Å². The van der Waals surface area contributed by atoms with Gasteiger partial charge in [0.05, 0.1) is 6.42 Å². The van der Waals surface area contributed by atoms with E-state index in [9.17, 15) is 9.18 Å². The average Bonchev–Trinajstić information content (AvgIpc) is 2.20. The van der Waals surface area contributed by atoms with E-state index >= 15 is 0 Å². The molecule has 0 aliphatic carbocycles. The van der Waals surface area contributed by atoms with Gasteiger partial charge in [0.2, 0.25) is 5.91 Å². The summed E-state index contributed by atoms with van der Waals surface area (Å²) in [6, 6.07) is 5.91. The standard InChI is InChI=1S/C14H18FNO/c1-10(14(2,3)4)16-13(17)9-11-5-7-12(15)8-6-11/h5-8H,1,9H2,2-4H3,(H,16,17). The SMILES string of the molecule is C=C(NC(=O)Cc1ccc(F)cc1)C(C)(C)C. The Morgan fingerprint density at radius 3 is 2.29 bits per heavy atom. The molecular weight excluding hydrogens is 217 g/mol. The lowest BCUT2D eigenvalue weighted by Crippen LogP contribution is -2.30. The molecule has 0 aliphatic heterocycles. The van der Waals surface area contributed by atoms with Crippen molar-refractivity contribution in [2.75, 3.05) is 0 Å². The van der Waals surface area contributed by atoms with Crippen LogP contribution in [0.5, 0.6) is 0 Å². The third-order valence-electron chi connectivity index (χ3n) is 2.47. The van der Waals surface area contributed by atoms with Gasteiger partial charge in [-0.25, -0.2) is 4.39 Å². The topological polar surface area (TPSA) is 29.1 Å². The number of nitrogens with one attached hydrogen (secondary N) is 1. The van der Waals surface area contributed by atoms with Gasteiger partial charge in [-0.3, -0.25) is 4.79 Å². The number of hydrogen-bond acceptors (Lipinski definition) is 1. The maximum Gasteiger partial charge on any atom is 0.228 e. The van der Waals surface area contributed by atoms with E-state index in [0.29, 0.717) is 5.70 Å². The first-order valence-electron chi connectivity index (χ1n) is 5.53. The van der Waals surface area contributed by atoms with Crippen molar-refractivity contribution in [1.29, 1.82) is 0 Å². The normalized spacial score (nSPS) is 11.1. The lowest BCUT2D eigenvalue weighted by molar-refractivity contribution is -0.120. The molecule has 17 heavy (non-hydrogen) atoms. The Balaban J connectivity index is 2.56. The second-order valence-corrected chi connectivity index (χ2v) is 5.08. The Kier molecular flexibility index (Phi) is 4.05. The van der Waals surface area contributed by atoms with Crippen LogP contribution in [0.15, 0.2) is 36.5 Å². The van der Waals surface area contributed by atoms with Crippen molar-refractivity contribution in [2.24, 2.45) is 5.41 Å². The van der Waals surface area contributed by atoms with Crippen LogP contribution in [0.4, 0.5) is 4.39 Å². The molecule has 0 saturated carbocycles. The third kappa shape index (κ3) is 4.39. The van der Waals surface area contributed by atoms with E-state index in [1.165, 1.54) is 12.1 Å². The number of rotatable bonds is 3. The number of amides is 1. The van der Waals surface area contributed by atoms with Gasteiger partial charge >= 0.3 is 0 Å². The monoisotopic (exact) mass is 235 g/mol. The molecule has 0 aromatic heterocycles. The fraction of sp³-hybridized carbons (Fsp3) is 0.357. The molecule has 2 nitrogen and oxygen atoms in total. The van der Waals surface area contributed by atoms with E-state index < -0.39 is 0 Å². The summed E-state index contributed by atoms with van der Waals surface area (Å²) >= 11 is 0. The van der Waals surface area contributed by atoms with Crippen molar-refractivity contribution in [1.82, 2.24) is 5.32 Å². The van der Waals surface area contributed by atoms with Crippen molar-refractivity contribution < 1.29 is 9.18 Å². The zero-order chi connectivity index (χ0) is 13.1. The minimum atomic E-state index is -0.298. The molecular formula is C14H18FNO. The van der Waals surface area contributed by atoms with E-state index in [1.54, 1.807) is 12.1 Å². The first kappa shape index (κ1) is 13.4. The number of carbonyl (C=O) groups is 1. The largest absolute Gasteiger partial charge is 0.330 e. The molecule has 3 heteroatoms. The average molecular weight is 235 g/mol. The van der Waals surface area contributed by atoms with E-state index in [-0.39, 0.29) is 23.6 Å². The Morgan fingerprint density at radius 2 is 1.82 bits per heavy atom. The van der Waals surface area contributed by atoms with Gasteiger partial charge in [0.1, 0.15) is 5.82 Å². The number of halogens is 1. The second-order valence-electron chi connectivity index (χ2n) is 5.08. The molecule has 0 heterocycles. The molecule has 1 aromatic carbocycles. The smallest absolute Gasteiger partial charge is 0.228 e. The van der Waals surface area contributed by atoms with Crippen molar-refractivity contribution in [3.05, 3.63) is 47.9 Å². The molecule has 1 aromatic rings. The molecule has 0 fully saturated rings. The Bertz CT molecular complexity index is 415. The quantitative estimate of drug-likeness (QED) is 0.857. The Hall–Kier alpha value is -1.64. The molecule has 0 bridgehead atoms. The molecule has 1 rings (SSSR count). The number of hydrogen-bond donors (Lipinski definition) is 1. The predicted octanol–water partition coefficient (Wildman–Crippen LogP) is 3.04. The van der Waals surface area contributed by atoms with Crippen LogP contribution in [0.3, 0.4) is 0 Å². The number of benzene rings is 1. The van der Waals surface area contributed by atoms with Crippen LogP contribution in [-0.4, -0.2) is 5.91 Å². The maximum atomic E-state index is 12.7. The molecule has 0 unspecified atom stereocenters. The number of allylic oxidation sites excluding steroid dienone is 1. The van der Waals surface area contributed by atoms with Crippen LogP contribution in [0.1, 0.15) is 26.3 Å². The predicted molar refractivity (Wildman–Crippen MR) is 66.8 cm³/mol. The summed E-state index contributed by atoms with van der Waals surface area (Å²) in [7, 11) is 0. The molecule has 1 amide bonds. The van der Waals surface area contributed by atoms with Gasteiger partial charge in [0.15, 0.2) is 0 Å². The second kappa shape index (κ2) is 5.13. The third-order valence-corrected chi connectivity index (χ3v) is 2.47. The fourth-order valence-corrected chi connectivity index (χ4v) is 1.19. The summed E-state index contributed by atoms with van der Waals surface area (Å²) < 4.78 is 12.7. The van der Waals surface area contributed by atoms with Gasteiger partial charge in [0, 0.05) is 11.1 Å². The molecule has 0 aliphatic rings. The van der Waals surface area contributed by atoms with Crippen molar-refractivity contribution in [3.63, 3.8) is 0 Å². The van der Waals surface area contributed by atoms with Gasteiger partial charge in [-0.15, -0.1) is 0 Å². The van der Waals surface area contributed by atoms with E-state index in [0.717, 1.165) is 5.56 Å². The van der Waals surface area contributed by atoms with E-state index in [2.05, 4.69) is 11.9 Å². The zero-order valence-corrected chi connectivity index (χ0v) is 10.5. The molecule has 0 saturated heterocycles. The van der Waals surface area contributed by atoms with Crippen molar-refractivity contribution in [2.45, 2.75) is 27.2 Å². The summed E-state index contributed by atoms with van der Waals surface area (Å²) in [6.45, 7) is 9.77. The number of carbonyl (C=O) groups excluding carboxylic acids is 1. The molecule has 0 atom stereocenters. The lowest BCUT2D eigenvalue weighted by atomic mass is 9.93. The highest BCUT2D eigenvalue weighted by atomic mass is 19.1. The summed E-state index contributed by atoms with van der Waals surface area (Å²) in [5.74, 6) is -0.426.